The molecule has 20 heavy (non-hydrogen) atoms. The van der Waals surface area contributed by atoms with Crippen molar-refractivity contribution in [2.24, 2.45) is 0 Å². The van der Waals surface area contributed by atoms with Gasteiger partial charge in [-0.1, -0.05) is 25.3 Å². The lowest BCUT2D eigenvalue weighted by Gasteiger charge is -2.21. The molecule has 0 amide bonds. The summed E-state index contributed by atoms with van der Waals surface area (Å²) in [7, 11) is -2.95. The van der Waals surface area contributed by atoms with Crippen LogP contribution in [0.4, 0.5) is 5.69 Å². The van der Waals surface area contributed by atoms with Gasteiger partial charge in [0.25, 0.3) is 0 Å². The van der Waals surface area contributed by atoms with Crippen LogP contribution in [0.5, 0.6) is 5.75 Å². The molecular formula is C15H23NO3S. The quantitative estimate of drug-likeness (QED) is 0.647. The van der Waals surface area contributed by atoms with Crippen LogP contribution >= 0.6 is 0 Å². The van der Waals surface area contributed by atoms with Gasteiger partial charge in [0.2, 0.25) is 0 Å². The Bertz CT molecular complexity index is 522. The van der Waals surface area contributed by atoms with Crippen LogP contribution in [-0.2, 0) is 9.84 Å². The summed E-state index contributed by atoms with van der Waals surface area (Å²) in [5.41, 5.74) is 6.30. The second-order valence-electron chi connectivity index (χ2n) is 5.40. The summed E-state index contributed by atoms with van der Waals surface area (Å²) in [5.74, 6) is 0.917. The zero-order chi connectivity index (χ0) is 14.4. The van der Waals surface area contributed by atoms with Crippen molar-refractivity contribution in [1.82, 2.24) is 0 Å². The van der Waals surface area contributed by atoms with E-state index in [0.717, 1.165) is 25.7 Å². The SMILES string of the molecule is Nc1cccc(OCCCS(=O)(=O)C2CCCCC2)c1. The fraction of sp³-hybridized carbons (Fsp3) is 0.600. The van der Waals surface area contributed by atoms with Crippen molar-refractivity contribution in [2.75, 3.05) is 18.1 Å². The molecule has 0 atom stereocenters. The molecule has 1 aliphatic rings. The molecule has 0 spiro atoms. The van der Waals surface area contributed by atoms with Gasteiger partial charge in [-0.25, -0.2) is 8.42 Å². The van der Waals surface area contributed by atoms with Gasteiger partial charge in [0.1, 0.15) is 5.75 Å². The van der Waals surface area contributed by atoms with E-state index in [1.54, 1.807) is 12.1 Å². The van der Waals surface area contributed by atoms with Crippen molar-refractivity contribution >= 4 is 15.5 Å². The summed E-state index contributed by atoms with van der Waals surface area (Å²) in [6.45, 7) is 0.412. The number of anilines is 1. The second-order valence-corrected chi connectivity index (χ2v) is 7.80. The first-order valence-electron chi connectivity index (χ1n) is 7.28. The molecule has 1 fully saturated rings. The number of ether oxygens (including phenoxy) is 1. The Morgan fingerprint density at radius 3 is 2.65 bits per heavy atom. The van der Waals surface area contributed by atoms with Gasteiger partial charge >= 0.3 is 0 Å². The molecule has 1 aliphatic carbocycles. The summed E-state index contributed by atoms with van der Waals surface area (Å²) >= 11 is 0. The summed E-state index contributed by atoms with van der Waals surface area (Å²) in [4.78, 5) is 0. The second kappa shape index (κ2) is 6.97. The van der Waals surface area contributed by atoms with Crippen LogP contribution in [0.3, 0.4) is 0 Å². The van der Waals surface area contributed by atoms with E-state index >= 15 is 0 Å². The normalized spacial score (nSPS) is 17.0. The maximum Gasteiger partial charge on any atom is 0.153 e. The van der Waals surface area contributed by atoms with E-state index in [1.807, 2.05) is 12.1 Å². The van der Waals surface area contributed by atoms with Crippen LogP contribution in [0.2, 0.25) is 0 Å². The highest BCUT2D eigenvalue weighted by atomic mass is 32.2. The van der Waals surface area contributed by atoms with E-state index in [4.69, 9.17) is 10.5 Å². The zero-order valence-corrected chi connectivity index (χ0v) is 12.6. The molecule has 2 rings (SSSR count). The predicted molar refractivity (Wildman–Crippen MR) is 81.6 cm³/mol. The average molecular weight is 297 g/mol. The third-order valence-electron chi connectivity index (χ3n) is 3.76. The minimum absolute atomic E-state index is 0.122. The smallest absolute Gasteiger partial charge is 0.153 e. The van der Waals surface area contributed by atoms with Crippen molar-refractivity contribution in [2.45, 2.75) is 43.8 Å². The Morgan fingerprint density at radius 1 is 1.20 bits per heavy atom. The van der Waals surface area contributed by atoms with Gasteiger partial charge in [-0.05, 0) is 31.4 Å². The summed E-state index contributed by atoms with van der Waals surface area (Å²) in [6, 6.07) is 7.19. The Labute approximate surface area is 121 Å². The minimum Gasteiger partial charge on any atom is -0.493 e. The molecule has 1 saturated carbocycles. The Kier molecular flexibility index (Phi) is 5.29. The van der Waals surface area contributed by atoms with E-state index in [2.05, 4.69) is 0 Å². The van der Waals surface area contributed by atoms with Gasteiger partial charge in [-0.3, -0.25) is 0 Å². The first kappa shape index (κ1) is 15.2. The molecule has 0 unspecified atom stereocenters. The van der Waals surface area contributed by atoms with Crippen molar-refractivity contribution in [3.63, 3.8) is 0 Å². The van der Waals surface area contributed by atoms with E-state index in [0.29, 0.717) is 24.5 Å². The molecule has 5 heteroatoms. The summed E-state index contributed by atoms with van der Waals surface area (Å²) in [5, 5.41) is -0.122. The van der Waals surface area contributed by atoms with Crippen molar-refractivity contribution in [3.8, 4) is 5.75 Å². The number of hydrogen-bond donors (Lipinski definition) is 1. The number of rotatable bonds is 6. The van der Waals surface area contributed by atoms with Crippen LogP contribution in [0.25, 0.3) is 0 Å². The first-order valence-corrected chi connectivity index (χ1v) is 8.99. The van der Waals surface area contributed by atoms with Gasteiger partial charge < -0.3 is 10.5 Å². The fourth-order valence-electron chi connectivity index (χ4n) is 2.65. The van der Waals surface area contributed by atoms with Crippen LogP contribution in [0, 0.1) is 0 Å². The van der Waals surface area contributed by atoms with Crippen LogP contribution in [-0.4, -0.2) is 26.0 Å². The van der Waals surface area contributed by atoms with E-state index < -0.39 is 9.84 Å². The molecule has 2 N–H and O–H groups in total. The lowest BCUT2D eigenvalue weighted by Crippen LogP contribution is -2.27. The molecule has 0 saturated heterocycles. The van der Waals surface area contributed by atoms with Crippen LogP contribution in [0.15, 0.2) is 24.3 Å². The summed E-state index contributed by atoms with van der Waals surface area (Å²) < 4.78 is 29.9. The molecule has 0 aliphatic heterocycles. The molecule has 1 aromatic carbocycles. The van der Waals surface area contributed by atoms with Crippen molar-refractivity contribution in [3.05, 3.63) is 24.3 Å². The van der Waals surface area contributed by atoms with Crippen molar-refractivity contribution < 1.29 is 13.2 Å². The lowest BCUT2D eigenvalue weighted by molar-refractivity contribution is 0.317. The molecule has 0 aromatic heterocycles. The largest absolute Gasteiger partial charge is 0.493 e. The molecular weight excluding hydrogens is 274 g/mol. The number of hydrogen-bond acceptors (Lipinski definition) is 4. The summed E-state index contributed by atoms with van der Waals surface area (Å²) in [6.07, 6.45) is 5.46. The number of nitrogen functional groups attached to an aromatic ring is 1. The van der Waals surface area contributed by atoms with Crippen LogP contribution < -0.4 is 10.5 Å². The lowest BCUT2D eigenvalue weighted by atomic mass is 10.0. The molecule has 1 aromatic rings. The van der Waals surface area contributed by atoms with Gasteiger partial charge in [0, 0.05) is 11.8 Å². The Morgan fingerprint density at radius 2 is 1.95 bits per heavy atom. The maximum atomic E-state index is 12.2. The Hall–Kier alpha value is -1.23. The topological polar surface area (TPSA) is 69.4 Å². The monoisotopic (exact) mass is 297 g/mol. The highest BCUT2D eigenvalue weighted by Crippen LogP contribution is 2.24. The molecule has 4 nitrogen and oxygen atoms in total. The van der Waals surface area contributed by atoms with E-state index in [9.17, 15) is 8.42 Å². The molecule has 0 radical (unpaired) electrons. The number of sulfone groups is 1. The predicted octanol–water partition coefficient (Wildman–Crippen LogP) is 2.79. The van der Waals surface area contributed by atoms with E-state index in [-0.39, 0.29) is 11.0 Å². The van der Waals surface area contributed by atoms with Gasteiger partial charge in [0.15, 0.2) is 9.84 Å². The maximum absolute atomic E-state index is 12.2. The highest BCUT2D eigenvalue weighted by molar-refractivity contribution is 7.92. The first-order chi connectivity index (χ1) is 9.58. The zero-order valence-electron chi connectivity index (χ0n) is 11.8. The molecule has 0 heterocycles. The Balaban J connectivity index is 1.75. The third-order valence-corrected chi connectivity index (χ3v) is 6.10. The number of benzene rings is 1. The molecule has 0 bridgehead atoms. The number of nitrogens with two attached hydrogens (primary N) is 1. The van der Waals surface area contributed by atoms with Gasteiger partial charge in [-0.2, -0.15) is 0 Å². The third kappa shape index (κ3) is 4.40. The fourth-order valence-corrected chi connectivity index (χ4v) is 4.55. The van der Waals surface area contributed by atoms with Crippen LogP contribution in [0.1, 0.15) is 38.5 Å². The van der Waals surface area contributed by atoms with Crippen molar-refractivity contribution in [1.29, 1.82) is 0 Å². The standard InChI is InChI=1S/C15H23NO3S/c16-13-6-4-7-14(12-13)19-10-5-11-20(17,18)15-8-2-1-3-9-15/h4,6-7,12,15H,1-3,5,8-11,16H2. The van der Waals surface area contributed by atoms with Gasteiger partial charge in [0.05, 0.1) is 17.6 Å². The minimum atomic E-state index is -2.95. The van der Waals surface area contributed by atoms with E-state index in [1.165, 1.54) is 6.42 Å². The highest BCUT2D eigenvalue weighted by Gasteiger charge is 2.26. The average Bonchev–Trinajstić information content (AvgIpc) is 2.45. The van der Waals surface area contributed by atoms with Gasteiger partial charge in [-0.15, -0.1) is 0 Å². The molecule has 112 valence electrons.